The summed E-state index contributed by atoms with van der Waals surface area (Å²) < 4.78 is 10.4. The molecule has 0 aliphatic rings. The summed E-state index contributed by atoms with van der Waals surface area (Å²) in [6.07, 6.45) is 0. The number of benzene rings is 12. The molecule has 4 heterocycles. The van der Waals surface area contributed by atoms with Gasteiger partial charge >= 0.3 is 7.12 Å². The summed E-state index contributed by atoms with van der Waals surface area (Å²) in [6, 6.07) is 98.7. The van der Waals surface area contributed by atoms with Crippen LogP contribution >= 0.6 is 15.9 Å². The van der Waals surface area contributed by atoms with Gasteiger partial charge in [0.2, 0.25) is 0 Å². The predicted molar refractivity (Wildman–Crippen MR) is 350 cm³/mol. The van der Waals surface area contributed by atoms with E-state index in [-0.39, 0.29) is 8.41 Å². The van der Waals surface area contributed by atoms with Gasteiger partial charge in [0, 0.05) is 70.3 Å². The highest BCUT2D eigenvalue weighted by molar-refractivity contribution is 9.10. The molecule has 0 saturated heterocycles. The van der Waals surface area contributed by atoms with E-state index in [2.05, 4.69) is 289 Å². The van der Waals surface area contributed by atoms with Crippen LogP contribution in [0.4, 0.5) is 0 Å². The molecule has 16 aromatic rings. The highest BCUT2D eigenvalue weighted by Gasteiger charge is 2.19. The van der Waals surface area contributed by atoms with Crippen molar-refractivity contribution in [1.29, 1.82) is 0 Å². The highest BCUT2D eigenvalue weighted by atomic mass is 79.9. The molecule has 386 valence electrons. The lowest BCUT2D eigenvalue weighted by Crippen LogP contribution is -2.29. The summed E-state index contributed by atoms with van der Waals surface area (Å²) in [7, 11) is -1.48. The Balaban J connectivity index is 0.000000144. The number of para-hydroxylation sites is 6. The molecule has 12 aromatic carbocycles. The first-order chi connectivity index (χ1) is 39.4. The Morgan fingerprint density at radius 3 is 0.790 bits per heavy atom. The predicted octanol–water partition coefficient (Wildman–Crippen LogP) is 16.1. The van der Waals surface area contributed by atoms with E-state index in [9.17, 15) is 10.0 Å². The number of hydrogen-bond donors (Lipinski definition) is 2. The lowest BCUT2D eigenvalue weighted by Gasteiger charge is -2.10. The maximum atomic E-state index is 9.56. The van der Waals surface area contributed by atoms with Gasteiger partial charge in [0.15, 0.2) is 0 Å². The van der Waals surface area contributed by atoms with Gasteiger partial charge in [0.25, 0.3) is 0 Å². The first kappa shape index (κ1) is 49.6. The van der Waals surface area contributed by atoms with E-state index in [4.69, 9.17) is 0 Å². The van der Waals surface area contributed by atoms with Crippen molar-refractivity contribution in [3.63, 3.8) is 0 Å². The molecule has 0 fully saturated rings. The first-order valence-electron chi connectivity index (χ1n) is 26.9. The second-order valence-corrected chi connectivity index (χ2v) is 21.4. The van der Waals surface area contributed by atoms with Crippen LogP contribution in [0.3, 0.4) is 0 Å². The number of fused-ring (bicyclic) bond motifs is 12. The fraction of sp³-hybridized carbons (Fsp3) is 0. The first-order valence-corrected chi connectivity index (χ1v) is 27.7. The SMILES string of the molecule is Brc1ccc(-n2c3ccccc3c3cc(-c4ccc5c(c4)c4ccccc4n5-c4ccccc4)ccc32)cc1.OB(O)c1ccc(-n2c3ccccc3c3cc(-c4ccc5c(c4)c4ccccc4n5-c4ccccc4)ccc32)cc1.[BH4-]. The quantitative estimate of drug-likeness (QED) is 0.156. The number of halogens is 1. The molecule has 0 aliphatic heterocycles. The maximum Gasteiger partial charge on any atom is 0.488 e. The number of hydrogen-bond acceptors (Lipinski definition) is 2. The average Bonchev–Trinajstić information content (AvgIpc) is 4.43. The standard InChI is InChI=1S/C36H25BN2O2.C36H23BrN2.BH4/c40-37(41)26-16-18-28(19-17-26)39-34-13-7-5-11-30(34)32-23-25(15-21-36(32)39)24-14-20-35-31(22-24)29-10-4-6-12-33(29)38(35)27-8-2-1-3-9-27;37-26-16-18-28(19-17-26)39-34-13-7-5-11-30(34)32-23-25(15-21-36(32)39)24-14-20-35-31(22-24)29-10-4-6-12-33(29)38(35)27-8-2-1-3-9-27;/h1-23,40-41H;1-23H;1H4/q;;-1. The minimum absolute atomic E-state index is 0. The van der Waals surface area contributed by atoms with E-state index >= 15 is 0 Å². The van der Waals surface area contributed by atoms with Crippen molar-refractivity contribution in [2.75, 3.05) is 0 Å². The third-order valence-electron chi connectivity index (χ3n) is 15.9. The second-order valence-electron chi connectivity index (χ2n) is 20.5. The van der Waals surface area contributed by atoms with Crippen molar-refractivity contribution < 1.29 is 10.0 Å². The molecule has 16 rings (SSSR count). The molecule has 2 N–H and O–H groups in total. The topological polar surface area (TPSA) is 60.2 Å². The van der Waals surface area contributed by atoms with Crippen LogP contribution in [0.15, 0.2) is 284 Å². The number of nitrogens with zero attached hydrogens (tertiary/aromatic N) is 4. The fourth-order valence-electron chi connectivity index (χ4n) is 12.3. The zero-order valence-corrected chi connectivity index (χ0v) is 44.8. The summed E-state index contributed by atoms with van der Waals surface area (Å²) in [4.78, 5) is 0. The van der Waals surface area contributed by atoms with Gasteiger partial charge in [-0.25, -0.2) is 0 Å². The molecule has 81 heavy (non-hydrogen) atoms. The van der Waals surface area contributed by atoms with E-state index in [1.54, 1.807) is 12.1 Å². The average molecular weight is 1110 g/mol. The Kier molecular flexibility index (Phi) is 12.4. The minimum atomic E-state index is -1.48. The van der Waals surface area contributed by atoms with Gasteiger partial charge in [0.05, 0.1) is 44.1 Å². The van der Waals surface area contributed by atoms with Crippen LogP contribution in [-0.4, -0.2) is 43.8 Å². The molecule has 0 amide bonds. The van der Waals surface area contributed by atoms with Crippen LogP contribution in [0.1, 0.15) is 0 Å². The third kappa shape index (κ3) is 8.36. The Labute approximate surface area is 478 Å². The van der Waals surface area contributed by atoms with Gasteiger partial charge in [-0.15, -0.1) is 0 Å². The van der Waals surface area contributed by atoms with E-state index < -0.39 is 7.12 Å². The molecular formula is C72H52B2BrN4O2-. The molecule has 6 nitrogen and oxygen atoms in total. The molecule has 0 aliphatic carbocycles. The van der Waals surface area contributed by atoms with Crippen LogP contribution in [0.2, 0.25) is 0 Å². The molecule has 4 aromatic heterocycles. The van der Waals surface area contributed by atoms with Crippen molar-refractivity contribution in [3.8, 4) is 45.0 Å². The van der Waals surface area contributed by atoms with E-state index in [0.717, 1.165) is 38.1 Å². The second kappa shape index (κ2) is 20.2. The van der Waals surface area contributed by atoms with Gasteiger partial charge in [-0.2, -0.15) is 0 Å². The van der Waals surface area contributed by atoms with E-state index in [1.165, 1.54) is 98.6 Å². The van der Waals surface area contributed by atoms with Crippen LogP contribution in [0.25, 0.3) is 132 Å². The normalized spacial score (nSPS) is 11.5. The molecule has 0 bridgehead atoms. The number of aromatic nitrogens is 4. The molecule has 0 unspecified atom stereocenters. The van der Waals surface area contributed by atoms with Crippen molar-refractivity contribution in [1.82, 2.24) is 18.3 Å². The van der Waals surface area contributed by atoms with Crippen LogP contribution in [0, 0.1) is 0 Å². The van der Waals surface area contributed by atoms with Crippen molar-refractivity contribution >= 4 is 124 Å². The van der Waals surface area contributed by atoms with Crippen LogP contribution in [0.5, 0.6) is 0 Å². The summed E-state index contributed by atoms with van der Waals surface area (Å²) in [5.74, 6) is 0. The van der Waals surface area contributed by atoms with Crippen molar-refractivity contribution in [2.24, 2.45) is 0 Å². The summed E-state index contributed by atoms with van der Waals surface area (Å²) >= 11 is 3.58. The molecule has 9 heteroatoms. The monoisotopic (exact) mass is 1110 g/mol. The van der Waals surface area contributed by atoms with Gasteiger partial charge in [-0.1, -0.05) is 170 Å². The van der Waals surface area contributed by atoms with Crippen LogP contribution < -0.4 is 5.46 Å². The van der Waals surface area contributed by atoms with E-state index in [0.29, 0.717) is 5.46 Å². The molecule has 0 saturated carbocycles. The summed E-state index contributed by atoms with van der Waals surface area (Å²) in [5, 5.41) is 29.0. The van der Waals surface area contributed by atoms with Gasteiger partial charge in [-0.05, 0) is 161 Å². The number of rotatable bonds is 7. The van der Waals surface area contributed by atoms with Gasteiger partial charge in [0.1, 0.15) is 0 Å². The molecular weight excluding hydrogens is 1050 g/mol. The van der Waals surface area contributed by atoms with Crippen LogP contribution in [-0.2, 0) is 0 Å². The Bertz CT molecular complexity index is 5040. The molecule has 0 radical (unpaired) electrons. The third-order valence-corrected chi connectivity index (χ3v) is 16.4. The minimum Gasteiger partial charge on any atom is -0.423 e. The lowest BCUT2D eigenvalue weighted by atomic mass is 9.80. The molecule has 0 spiro atoms. The zero-order chi connectivity index (χ0) is 53.4. The maximum absolute atomic E-state index is 9.56. The molecule has 0 atom stereocenters. The van der Waals surface area contributed by atoms with Gasteiger partial charge < -0.3 is 28.3 Å². The highest BCUT2D eigenvalue weighted by Crippen LogP contribution is 2.41. The van der Waals surface area contributed by atoms with E-state index in [1.807, 2.05) is 12.1 Å². The summed E-state index contributed by atoms with van der Waals surface area (Å²) in [5.41, 5.74) is 19.2. The van der Waals surface area contributed by atoms with Crippen molar-refractivity contribution in [2.45, 2.75) is 0 Å². The lowest BCUT2D eigenvalue weighted by molar-refractivity contribution is 0.426. The Morgan fingerprint density at radius 1 is 0.247 bits per heavy atom. The van der Waals surface area contributed by atoms with Crippen molar-refractivity contribution in [3.05, 3.63) is 284 Å². The summed E-state index contributed by atoms with van der Waals surface area (Å²) in [6.45, 7) is 0. The zero-order valence-electron chi connectivity index (χ0n) is 43.2. The fourth-order valence-corrected chi connectivity index (χ4v) is 12.5. The Morgan fingerprint density at radius 2 is 0.494 bits per heavy atom. The Hall–Kier alpha value is -9.63. The van der Waals surface area contributed by atoms with Gasteiger partial charge in [-0.3, -0.25) is 0 Å². The largest absolute Gasteiger partial charge is 0.488 e. The smallest absolute Gasteiger partial charge is 0.423 e.